The minimum absolute atomic E-state index is 0.0796. The first-order chi connectivity index (χ1) is 19.2. The van der Waals surface area contributed by atoms with Gasteiger partial charge in [0.25, 0.3) is 5.69 Å². The van der Waals surface area contributed by atoms with Crippen LogP contribution in [0.15, 0.2) is 96.0 Å². The molecule has 0 aromatic heterocycles. The number of ether oxygens (including phenoxy) is 2. The molecule has 4 aromatic rings. The van der Waals surface area contributed by atoms with Gasteiger partial charge in [-0.15, -0.1) is 0 Å². The molecule has 40 heavy (non-hydrogen) atoms. The monoisotopic (exact) mass is 543 g/mol. The van der Waals surface area contributed by atoms with Gasteiger partial charge in [-0.25, -0.2) is 4.99 Å². The molecule has 0 aliphatic heterocycles. The number of amidine groups is 1. The fraction of sp³-hybridized carbons (Fsp3) is 0.0741. The van der Waals surface area contributed by atoms with Crippen LogP contribution >= 0.6 is 0 Å². The van der Waals surface area contributed by atoms with Crippen LogP contribution in [0.3, 0.4) is 0 Å². The molecule has 0 radical (unpaired) electrons. The first kappa shape index (κ1) is 27.2. The van der Waals surface area contributed by atoms with Crippen molar-refractivity contribution in [1.29, 1.82) is 0 Å². The molecule has 4 aromatic carbocycles. The lowest BCUT2D eigenvalue weighted by molar-refractivity contribution is -0.402. The van der Waals surface area contributed by atoms with Crippen LogP contribution in [0.1, 0.15) is 5.56 Å². The maximum Gasteiger partial charge on any atom is 0.307 e. The average Bonchev–Trinajstić information content (AvgIpc) is 2.97. The molecule has 0 aliphatic rings. The number of hydrogen-bond acceptors (Lipinski definition) is 9. The predicted molar refractivity (Wildman–Crippen MR) is 147 cm³/mol. The molecule has 0 fully saturated rings. The maximum absolute atomic E-state index is 12.3. The van der Waals surface area contributed by atoms with Crippen molar-refractivity contribution < 1.29 is 24.2 Å². The summed E-state index contributed by atoms with van der Waals surface area (Å²) in [6, 6.07) is 22.8. The Morgan fingerprint density at radius 3 is 1.65 bits per heavy atom. The van der Waals surface area contributed by atoms with E-state index >= 15 is 0 Å². The van der Waals surface area contributed by atoms with E-state index in [-0.39, 0.29) is 11.5 Å². The number of aliphatic imine (C=N–C) groups is 1. The SMILES string of the molecule is COc1ccc(N=C(c2ccccc2)N(c2ccc(OC)cc2)c2c([N+](=O)[O-])cc([N+](=O)[O-])cc2[N+](=O)[O-])cc1. The molecule has 0 bridgehead atoms. The van der Waals surface area contributed by atoms with E-state index in [1.165, 1.54) is 19.1 Å². The van der Waals surface area contributed by atoms with Gasteiger partial charge in [-0.3, -0.25) is 35.2 Å². The number of nitro benzene ring substituents is 3. The largest absolute Gasteiger partial charge is 0.497 e. The van der Waals surface area contributed by atoms with E-state index in [1.807, 2.05) is 0 Å². The van der Waals surface area contributed by atoms with Crippen LogP contribution in [0.5, 0.6) is 11.5 Å². The van der Waals surface area contributed by atoms with E-state index < -0.39 is 37.5 Å². The molecular formula is C27H21N5O8. The van der Waals surface area contributed by atoms with E-state index in [1.54, 1.807) is 78.9 Å². The topological polar surface area (TPSA) is 163 Å². The quantitative estimate of drug-likeness (QED) is 0.101. The molecule has 0 unspecified atom stereocenters. The van der Waals surface area contributed by atoms with Crippen molar-refractivity contribution in [3.8, 4) is 11.5 Å². The van der Waals surface area contributed by atoms with Crippen LogP contribution in [0.25, 0.3) is 0 Å². The molecule has 13 nitrogen and oxygen atoms in total. The van der Waals surface area contributed by atoms with Gasteiger partial charge in [-0.1, -0.05) is 30.3 Å². The molecule has 0 spiro atoms. The molecule has 0 heterocycles. The minimum atomic E-state index is -0.926. The van der Waals surface area contributed by atoms with Gasteiger partial charge in [0.15, 0.2) is 0 Å². The maximum atomic E-state index is 12.3. The summed E-state index contributed by atoms with van der Waals surface area (Å²) in [5, 5.41) is 36.0. The van der Waals surface area contributed by atoms with E-state index in [0.29, 0.717) is 34.9 Å². The first-order valence-corrected chi connectivity index (χ1v) is 11.6. The van der Waals surface area contributed by atoms with E-state index in [2.05, 4.69) is 0 Å². The van der Waals surface area contributed by atoms with Gasteiger partial charge in [-0.05, 0) is 48.5 Å². The Balaban J connectivity index is 2.13. The van der Waals surface area contributed by atoms with Gasteiger partial charge in [0, 0.05) is 11.3 Å². The zero-order valence-electron chi connectivity index (χ0n) is 21.2. The van der Waals surface area contributed by atoms with Crippen LogP contribution in [-0.2, 0) is 0 Å². The number of rotatable bonds is 9. The standard InChI is InChI=1S/C27H21N5O8/c1-39-22-12-8-19(9-13-22)28-27(18-6-4-3-5-7-18)29(20-10-14-23(40-2)15-11-20)26-24(31(35)36)16-21(30(33)34)17-25(26)32(37)38/h3-17H,1-2H3. The van der Waals surface area contributed by atoms with Crippen molar-refractivity contribution in [2.75, 3.05) is 19.1 Å². The zero-order valence-corrected chi connectivity index (χ0v) is 21.2. The lowest BCUT2D eigenvalue weighted by atomic mass is 10.1. The summed E-state index contributed by atoms with van der Waals surface area (Å²) in [6.07, 6.45) is 0. The number of nitrogens with zero attached hydrogens (tertiary/aromatic N) is 5. The van der Waals surface area contributed by atoms with Gasteiger partial charge in [-0.2, -0.15) is 0 Å². The summed E-state index contributed by atoms with van der Waals surface area (Å²) < 4.78 is 10.4. The van der Waals surface area contributed by atoms with Gasteiger partial charge < -0.3 is 9.47 Å². The van der Waals surface area contributed by atoms with Crippen molar-refractivity contribution in [3.05, 3.63) is 127 Å². The first-order valence-electron chi connectivity index (χ1n) is 11.6. The second-order valence-electron chi connectivity index (χ2n) is 8.14. The highest BCUT2D eigenvalue weighted by Crippen LogP contribution is 2.45. The Kier molecular flexibility index (Phi) is 7.94. The van der Waals surface area contributed by atoms with Crippen LogP contribution in [-0.4, -0.2) is 34.8 Å². The summed E-state index contributed by atoms with van der Waals surface area (Å²) in [4.78, 5) is 39.3. The molecule has 202 valence electrons. The van der Waals surface area contributed by atoms with Crippen molar-refractivity contribution in [2.45, 2.75) is 0 Å². The molecule has 13 heteroatoms. The van der Waals surface area contributed by atoms with Gasteiger partial charge >= 0.3 is 11.4 Å². The summed E-state index contributed by atoms with van der Waals surface area (Å²) in [5.74, 6) is 1.11. The van der Waals surface area contributed by atoms with E-state index in [0.717, 1.165) is 0 Å². The molecule has 0 N–H and O–H groups in total. The van der Waals surface area contributed by atoms with Crippen LogP contribution < -0.4 is 14.4 Å². The normalized spacial score (nSPS) is 11.0. The Hall–Kier alpha value is -5.85. The lowest BCUT2D eigenvalue weighted by Gasteiger charge is -2.26. The fourth-order valence-electron chi connectivity index (χ4n) is 3.90. The third-order valence-corrected chi connectivity index (χ3v) is 5.76. The second kappa shape index (κ2) is 11.7. The number of methoxy groups -OCH3 is 2. The fourth-order valence-corrected chi connectivity index (χ4v) is 3.90. The number of benzene rings is 4. The predicted octanol–water partition coefficient (Wildman–Crippen LogP) is 6.35. The number of non-ortho nitro benzene ring substituents is 1. The second-order valence-corrected chi connectivity index (χ2v) is 8.14. The van der Waals surface area contributed by atoms with Gasteiger partial charge in [0.1, 0.15) is 17.3 Å². The third-order valence-electron chi connectivity index (χ3n) is 5.76. The number of hydrogen-bond donors (Lipinski definition) is 0. The van der Waals surface area contributed by atoms with Gasteiger partial charge in [0.2, 0.25) is 5.69 Å². The summed E-state index contributed by atoms with van der Waals surface area (Å²) in [7, 11) is 2.96. The Morgan fingerprint density at radius 1 is 0.700 bits per heavy atom. The molecule has 0 atom stereocenters. The minimum Gasteiger partial charge on any atom is -0.497 e. The van der Waals surface area contributed by atoms with Crippen molar-refractivity contribution >= 4 is 40.0 Å². The third kappa shape index (κ3) is 5.67. The van der Waals surface area contributed by atoms with Crippen LogP contribution in [0.4, 0.5) is 34.1 Å². The van der Waals surface area contributed by atoms with Crippen molar-refractivity contribution in [3.63, 3.8) is 0 Å². The molecule has 0 amide bonds. The van der Waals surface area contributed by atoms with E-state index in [9.17, 15) is 30.3 Å². The Labute approximate surface area is 227 Å². The van der Waals surface area contributed by atoms with Gasteiger partial charge in [0.05, 0.1) is 46.8 Å². The highest BCUT2D eigenvalue weighted by molar-refractivity contribution is 6.17. The average molecular weight is 543 g/mol. The highest BCUT2D eigenvalue weighted by Gasteiger charge is 2.37. The summed E-state index contributed by atoms with van der Waals surface area (Å²) in [6.45, 7) is 0. The molecule has 0 saturated heterocycles. The molecule has 0 saturated carbocycles. The van der Waals surface area contributed by atoms with Crippen LogP contribution in [0, 0.1) is 30.3 Å². The van der Waals surface area contributed by atoms with Crippen LogP contribution in [0.2, 0.25) is 0 Å². The lowest BCUT2D eigenvalue weighted by Crippen LogP contribution is -2.28. The zero-order chi connectivity index (χ0) is 28.8. The van der Waals surface area contributed by atoms with Crippen molar-refractivity contribution in [2.24, 2.45) is 4.99 Å². The Bertz CT molecular complexity index is 1560. The Morgan fingerprint density at radius 2 is 1.20 bits per heavy atom. The number of anilines is 2. The van der Waals surface area contributed by atoms with Crippen molar-refractivity contribution in [1.82, 2.24) is 0 Å². The number of nitro groups is 3. The molecule has 4 rings (SSSR count). The molecular weight excluding hydrogens is 522 g/mol. The highest BCUT2D eigenvalue weighted by atomic mass is 16.6. The molecule has 0 aliphatic carbocycles. The summed E-state index contributed by atoms with van der Waals surface area (Å²) in [5.41, 5.74) is -1.91. The smallest absolute Gasteiger partial charge is 0.307 e. The van der Waals surface area contributed by atoms with E-state index in [4.69, 9.17) is 14.5 Å². The summed E-state index contributed by atoms with van der Waals surface area (Å²) >= 11 is 0.